The molecule has 2 aromatic heterocycles. The molecule has 0 saturated carbocycles. The second-order valence-electron chi connectivity index (χ2n) is 7.37. The van der Waals surface area contributed by atoms with Crippen molar-refractivity contribution in [2.45, 2.75) is 12.8 Å². The molecule has 0 spiro atoms. The van der Waals surface area contributed by atoms with Crippen LogP contribution in [0.15, 0.2) is 46.1 Å². The number of amides is 1. The fourth-order valence-electron chi connectivity index (χ4n) is 4.00. The molecule has 0 atom stereocenters. The minimum absolute atomic E-state index is 0.218. The van der Waals surface area contributed by atoms with Crippen LogP contribution in [0.25, 0.3) is 16.7 Å². The maximum absolute atomic E-state index is 13.1. The Labute approximate surface area is 171 Å². The van der Waals surface area contributed by atoms with E-state index in [9.17, 15) is 19.2 Å². The number of nitrogens with one attached hydrogen (secondary N) is 1. The van der Waals surface area contributed by atoms with E-state index < -0.39 is 11.2 Å². The predicted octanol–water partition coefficient (Wildman–Crippen LogP) is 1.04. The molecule has 0 radical (unpaired) electrons. The molecule has 1 fully saturated rings. The number of ether oxygens (including phenoxy) is 1. The number of esters is 1. The van der Waals surface area contributed by atoms with Crippen molar-refractivity contribution >= 4 is 22.9 Å². The van der Waals surface area contributed by atoms with Crippen molar-refractivity contribution in [2.75, 3.05) is 20.2 Å². The van der Waals surface area contributed by atoms with Crippen LogP contribution < -0.4 is 11.2 Å². The maximum Gasteiger partial charge on any atom is 0.333 e. The van der Waals surface area contributed by atoms with Crippen molar-refractivity contribution in [2.24, 2.45) is 13.0 Å². The van der Waals surface area contributed by atoms with E-state index in [0.717, 1.165) is 4.57 Å². The predicted molar refractivity (Wildman–Crippen MR) is 110 cm³/mol. The van der Waals surface area contributed by atoms with Crippen molar-refractivity contribution in [3.63, 3.8) is 0 Å². The molecule has 9 nitrogen and oxygen atoms in total. The zero-order valence-corrected chi connectivity index (χ0v) is 16.8. The Morgan fingerprint density at radius 2 is 1.77 bits per heavy atom. The number of hydrogen-bond donors (Lipinski definition) is 1. The number of fused-ring (bicyclic) bond motifs is 1. The quantitative estimate of drug-likeness (QED) is 0.650. The number of aromatic nitrogens is 3. The summed E-state index contributed by atoms with van der Waals surface area (Å²) < 4.78 is 7.39. The minimum Gasteiger partial charge on any atom is -0.469 e. The molecule has 1 N–H and O–H groups in total. The number of para-hydroxylation sites is 1. The molecule has 4 rings (SSSR count). The second-order valence-corrected chi connectivity index (χ2v) is 7.37. The maximum atomic E-state index is 13.1. The van der Waals surface area contributed by atoms with Crippen molar-refractivity contribution in [3.8, 4) is 5.69 Å². The number of nitrogens with zero attached hydrogens (tertiary/aromatic N) is 3. The lowest BCUT2D eigenvalue weighted by Gasteiger charge is -2.30. The fourth-order valence-corrected chi connectivity index (χ4v) is 4.00. The van der Waals surface area contributed by atoms with Crippen molar-refractivity contribution in [1.82, 2.24) is 19.0 Å². The largest absolute Gasteiger partial charge is 0.469 e. The smallest absolute Gasteiger partial charge is 0.333 e. The van der Waals surface area contributed by atoms with E-state index in [1.807, 2.05) is 0 Å². The number of benzene rings is 1. The van der Waals surface area contributed by atoms with E-state index in [2.05, 4.69) is 4.98 Å². The van der Waals surface area contributed by atoms with Crippen LogP contribution in [0.1, 0.15) is 23.2 Å². The molecule has 1 saturated heterocycles. The van der Waals surface area contributed by atoms with Crippen molar-refractivity contribution in [1.29, 1.82) is 0 Å². The number of carbonyl (C=O) groups is 2. The molecule has 1 aliphatic rings. The van der Waals surface area contributed by atoms with Crippen LogP contribution in [0.3, 0.4) is 0 Å². The molecule has 0 bridgehead atoms. The van der Waals surface area contributed by atoms with Crippen LogP contribution in [-0.2, 0) is 16.6 Å². The number of H-pyrrole nitrogens is 1. The number of aryl methyl sites for hydroxylation is 1. The molecular formula is C21H22N4O5. The molecular weight excluding hydrogens is 388 g/mol. The Morgan fingerprint density at radius 1 is 1.10 bits per heavy atom. The van der Waals surface area contributed by atoms with Gasteiger partial charge in [-0.3, -0.25) is 14.4 Å². The zero-order valence-electron chi connectivity index (χ0n) is 16.8. The summed E-state index contributed by atoms with van der Waals surface area (Å²) in [6.45, 7) is 0.806. The third kappa shape index (κ3) is 3.22. The van der Waals surface area contributed by atoms with Crippen LogP contribution in [0.5, 0.6) is 0 Å². The zero-order chi connectivity index (χ0) is 21.4. The molecule has 30 heavy (non-hydrogen) atoms. The van der Waals surface area contributed by atoms with Crippen molar-refractivity contribution < 1.29 is 14.3 Å². The van der Waals surface area contributed by atoms with Crippen LogP contribution in [-0.4, -0.2) is 51.1 Å². The Balaban J connectivity index is 1.72. The molecule has 1 aromatic carbocycles. The highest BCUT2D eigenvalue weighted by atomic mass is 16.5. The summed E-state index contributed by atoms with van der Waals surface area (Å²) in [5, 5.41) is 0. The summed E-state index contributed by atoms with van der Waals surface area (Å²) in [6, 6.07) is 8.61. The monoisotopic (exact) mass is 410 g/mol. The molecule has 156 valence electrons. The molecule has 1 amide bonds. The number of likely N-dealkylation sites (tertiary alicyclic amines) is 1. The van der Waals surface area contributed by atoms with Crippen LogP contribution >= 0.6 is 0 Å². The Kier molecular flexibility index (Phi) is 5.03. The number of hydrogen-bond acceptors (Lipinski definition) is 5. The summed E-state index contributed by atoms with van der Waals surface area (Å²) in [5.41, 5.74) is 0.0725. The normalized spacial score (nSPS) is 14.8. The van der Waals surface area contributed by atoms with Gasteiger partial charge in [0.25, 0.3) is 11.5 Å². The molecule has 1 aliphatic heterocycles. The van der Waals surface area contributed by atoms with E-state index in [-0.39, 0.29) is 34.4 Å². The van der Waals surface area contributed by atoms with E-state index in [4.69, 9.17) is 4.74 Å². The highest BCUT2D eigenvalue weighted by Crippen LogP contribution is 2.23. The fraction of sp³-hybridized carbons (Fsp3) is 0.333. The summed E-state index contributed by atoms with van der Waals surface area (Å²) in [6.07, 6.45) is 2.59. The van der Waals surface area contributed by atoms with Crippen LogP contribution in [0, 0.1) is 5.92 Å². The van der Waals surface area contributed by atoms with E-state index in [0.29, 0.717) is 31.6 Å². The molecule has 0 aliphatic carbocycles. The summed E-state index contributed by atoms with van der Waals surface area (Å²) in [5.74, 6) is -0.765. The van der Waals surface area contributed by atoms with Crippen LogP contribution in [0.4, 0.5) is 0 Å². The third-order valence-electron chi connectivity index (χ3n) is 5.58. The van der Waals surface area contributed by atoms with Gasteiger partial charge in [-0.05, 0) is 25.0 Å². The SMILES string of the molecule is COC(=O)C1CCN(C(=O)c2cn(C)c3c(=O)n(-c4ccccc4)c(=O)[nH]c23)CC1. The van der Waals surface area contributed by atoms with Gasteiger partial charge in [0.2, 0.25) is 0 Å². The first-order chi connectivity index (χ1) is 14.4. The average Bonchev–Trinajstić information content (AvgIpc) is 3.09. The van der Waals surface area contributed by atoms with E-state index >= 15 is 0 Å². The Hall–Kier alpha value is -3.62. The highest BCUT2D eigenvalue weighted by Gasteiger charge is 2.30. The van der Waals surface area contributed by atoms with E-state index in [1.54, 1.807) is 53.0 Å². The lowest BCUT2D eigenvalue weighted by molar-refractivity contribution is -0.146. The number of rotatable bonds is 3. The Morgan fingerprint density at radius 3 is 2.40 bits per heavy atom. The Bertz CT molecular complexity index is 1230. The standard InChI is InChI=1S/C21H22N4O5/c1-23-12-15(18(26)24-10-8-13(9-11-24)20(28)30-2)16-17(23)19(27)25(21(29)22-16)14-6-4-3-5-7-14/h3-7,12-13H,8-11H2,1-2H3,(H,22,29). The number of aromatic amines is 1. The van der Waals surface area contributed by atoms with Gasteiger partial charge in [-0.25, -0.2) is 9.36 Å². The molecule has 3 heterocycles. The number of carbonyl (C=O) groups excluding carboxylic acids is 2. The van der Waals surface area contributed by atoms with Gasteiger partial charge < -0.3 is 19.2 Å². The third-order valence-corrected chi connectivity index (χ3v) is 5.58. The van der Waals surface area contributed by atoms with Gasteiger partial charge in [-0.2, -0.15) is 0 Å². The minimum atomic E-state index is -0.608. The topological polar surface area (TPSA) is 106 Å². The lowest BCUT2D eigenvalue weighted by atomic mass is 9.96. The number of piperidine rings is 1. The first kappa shape index (κ1) is 19.7. The highest BCUT2D eigenvalue weighted by molar-refractivity contribution is 6.05. The molecule has 0 unspecified atom stereocenters. The van der Waals surface area contributed by atoms with E-state index in [1.165, 1.54) is 7.11 Å². The van der Waals surface area contributed by atoms with Gasteiger partial charge in [0.1, 0.15) is 5.52 Å². The second kappa shape index (κ2) is 7.66. The van der Waals surface area contributed by atoms with Crippen molar-refractivity contribution in [3.05, 3.63) is 62.9 Å². The van der Waals surface area contributed by atoms with Crippen LogP contribution in [0.2, 0.25) is 0 Å². The molecule has 9 heteroatoms. The lowest BCUT2D eigenvalue weighted by Crippen LogP contribution is -2.40. The summed E-state index contributed by atoms with van der Waals surface area (Å²) in [7, 11) is 3.02. The summed E-state index contributed by atoms with van der Waals surface area (Å²) >= 11 is 0. The number of methoxy groups -OCH3 is 1. The first-order valence-corrected chi connectivity index (χ1v) is 9.69. The van der Waals surface area contributed by atoms with Gasteiger partial charge in [0.05, 0.1) is 29.8 Å². The van der Waals surface area contributed by atoms with Gasteiger partial charge in [-0.15, -0.1) is 0 Å². The molecule has 3 aromatic rings. The van der Waals surface area contributed by atoms with Gasteiger partial charge in [0.15, 0.2) is 0 Å². The van der Waals surface area contributed by atoms with Gasteiger partial charge >= 0.3 is 11.7 Å². The average molecular weight is 410 g/mol. The van der Waals surface area contributed by atoms with Gasteiger partial charge in [-0.1, -0.05) is 18.2 Å². The van der Waals surface area contributed by atoms with Gasteiger partial charge in [0, 0.05) is 26.3 Å². The summed E-state index contributed by atoms with van der Waals surface area (Å²) in [4.78, 5) is 54.9. The first-order valence-electron chi connectivity index (χ1n) is 9.69.